The molecule has 5 rings (SSSR count). The van der Waals surface area contributed by atoms with Crippen LogP contribution in [0.1, 0.15) is 17.0 Å². The molecule has 1 N–H and O–H groups in total. The lowest BCUT2D eigenvalue weighted by Gasteiger charge is -2.25. The van der Waals surface area contributed by atoms with Crippen molar-refractivity contribution in [1.82, 2.24) is 24.6 Å². The van der Waals surface area contributed by atoms with Gasteiger partial charge in [0.1, 0.15) is 5.39 Å². The van der Waals surface area contributed by atoms with Gasteiger partial charge in [0.15, 0.2) is 5.65 Å². The fourth-order valence-corrected chi connectivity index (χ4v) is 4.44. The highest BCUT2D eigenvalue weighted by Gasteiger charge is 2.36. The summed E-state index contributed by atoms with van der Waals surface area (Å²) < 4.78 is 1.73. The predicted molar refractivity (Wildman–Crippen MR) is 123 cm³/mol. The highest BCUT2D eigenvalue weighted by molar-refractivity contribution is 5.76. The standard InChI is InChI=1S/C24H26N6O/c1-16-9-11-17(12-10-16)20-14-29(15-21(20)28(2)3)24-26-22-19(23(31)27-24)13-25-30(22)18-7-5-4-6-8-18/h4-13,20-21H,14-15H2,1-3H3,(H,26,27,31). The first-order valence-electron chi connectivity index (χ1n) is 10.5. The zero-order chi connectivity index (χ0) is 21.5. The molecule has 0 bridgehead atoms. The minimum atomic E-state index is -0.164. The molecule has 2 aromatic heterocycles. The van der Waals surface area contributed by atoms with Crippen molar-refractivity contribution in [3.05, 3.63) is 82.3 Å². The van der Waals surface area contributed by atoms with E-state index in [-0.39, 0.29) is 5.56 Å². The average molecular weight is 415 g/mol. The summed E-state index contributed by atoms with van der Waals surface area (Å²) in [7, 11) is 4.22. The largest absolute Gasteiger partial charge is 0.340 e. The van der Waals surface area contributed by atoms with Crippen LogP contribution in [0.5, 0.6) is 0 Å². The molecule has 0 radical (unpaired) electrons. The van der Waals surface area contributed by atoms with Crippen LogP contribution in [0.15, 0.2) is 65.6 Å². The molecule has 2 unspecified atom stereocenters. The quantitative estimate of drug-likeness (QED) is 0.556. The van der Waals surface area contributed by atoms with Crippen molar-refractivity contribution in [2.45, 2.75) is 18.9 Å². The summed E-state index contributed by atoms with van der Waals surface area (Å²) in [5.74, 6) is 0.923. The Balaban J connectivity index is 1.54. The predicted octanol–water partition coefficient (Wildman–Crippen LogP) is 2.95. The molecule has 1 fully saturated rings. The van der Waals surface area contributed by atoms with Gasteiger partial charge in [0.05, 0.1) is 11.9 Å². The van der Waals surface area contributed by atoms with Gasteiger partial charge in [-0.15, -0.1) is 0 Å². The molecule has 2 aromatic carbocycles. The Morgan fingerprint density at radius 1 is 1.03 bits per heavy atom. The highest BCUT2D eigenvalue weighted by atomic mass is 16.1. The molecule has 0 saturated carbocycles. The second-order valence-corrected chi connectivity index (χ2v) is 8.47. The molecule has 31 heavy (non-hydrogen) atoms. The Bertz CT molecular complexity index is 1260. The highest BCUT2D eigenvalue weighted by Crippen LogP contribution is 2.32. The maximum Gasteiger partial charge on any atom is 0.263 e. The number of nitrogens with one attached hydrogen (secondary N) is 1. The maximum absolute atomic E-state index is 12.8. The minimum Gasteiger partial charge on any atom is -0.340 e. The number of aryl methyl sites for hydroxylation is 1. The molecule has 3 heterocycles. The van der Waals surface area contributed by atoms with Gasteiger partial charge in [-0.3, -0.25) is 9.78 Å². The van der Waals surface area contributed by atoms with E-state index in [4.69, 9.17) is 4.98 Å². The molecule has 1 saturated heterocycles. The third-order valence-electron chi connectivity index (χ3n) is 6.18. The van der Waals surface area contributed by atoms with Gasteiger partial charge in [-0.2, -0.15) is 10.1 Å². The number of para-hydroxylation sites is 1. The Kier molecular flexibility index (Phi) is 4.82. The fourth-order valence-electron chi connectivity index (χ4n) is 4.44. The lowest BCUT2D eigenvalue weighted by Crippen LogP contribution is -2.35. The molecular weight excluding hydrogens is 388 g/mol. The first kappa shape index (κ1) is 19.5. The van der Waals surface area contributed by atoms with Crippen molar-refractivity contribution < 1.29 is 0 Å². The van der Waals surface area contributed by atoms with Crippen LogP contribution < -0.4 is 10.5 Å². The number of aromatic amines is 1. The summed E-state index contributed by atoms with van der Waals surface area (Å²) in [6, 6.07) is 18.8. The van der Waals surface area contributed by atoms with E-state index in [1.807, 2.05) is 30.3 Å². The van der Waals surface area contributed by atoms with Gasteiger partial charge in [-0.25, -0.2) is 4.68 Å². The van der Waals surface area contributed by atoms with Crippen LogP contribution in [-0.4, -0.2) is 57.9 Å². The summed E-state index contributed by atoms with van der Waals surface area (Å²) in [5, 5.41) is 4.91. The number of fused-ring (bicyclic) bond motifs is 1. The van der Waals surface area contributed by atoms with E-state index in [1.165, 1.54) is 11.1 Å². The Labute approximate surface area is 181 Å². The van der Waals surface area contributed by atoms with Gasteiger partial charge in [0.25, 0.3) is 5.56 Å². The first-order chi connectivity index (χ1) is 15.0. The smallest absolute Gasteiger partial charge is 0.263 e. The molecule has 2 atom stereocenters. The van der Waals surface area contributed by atoms with Crippen molar-refractivity contribution in [3.63, 3.8) is 0 Å². The van der Waals surface area contributed by atoms with Gasteiger partial charge in [0.2, 0.25) is 5.95 Å². The number of likely N-dealkylation sites (N-methyl/N-ethyl adjacent to an activating group) is 1. The van der Waals surface area contributed by atoms with Gasteiger partial charge in [-0.05, 0) is 38.7 Å². The van der Waals surface area contributed by atoms with Gasteiger partial charge >= 0.3 is 0 Å². The van der Waals surface area contributed by atoms with Crippen LogP contribution in [0.2, 0.25) is 0 Å². The average Bonchev–Trinajstić information content (AvgIpc) is 3.40. The normalized spacial score (nSPS) is 18.9. The zero-order valence-electron chi connectivity index (χ0n) is 18.0. The number of nitrogens with zero attached hydrogens (tertiary/aromatic N) is 5. The van der Waals surface area contributed by atoms with E-state index in [0.717, 1.165) is 18.8 Å². The van der Waals surface area contributed by atoms with Gasteiger partial charge < -0.3 is 9.80 Å². The molecule has 158 valence electrons. The minimum absolute atomic E-state index is 0.164. The number of H-pyrrole nitrogens is 1. The number of hydrogen-bond donors (Lipinski definition) is 1. The monoisotopic (exact) mass is 414 g/mol. The molecule has 1 aliphatic rings. The maximum atomic E-state index is 12.8. The molecular formula is C24H26N6O. The number of rotatable bonds is 4. The van der Waals surface area contributed by atoms with Crippen LogP contribution in [-0.2, 0) is 0 Å². The van der Waals surface area contributed by atoms with Crippen molar-refractivity contribution in [1.29, 1.82) is 0 Å². The van der Waals surface area contributed by atoms with E-state index in [9.17, 15) is 4.79 Å². The zero-order valence-corrected chi connectivity index (χ0v) is 18.0. The molecule has 0 amide bonds. The molecule has 0 spiro atoms. The van der Waals surface area contributed by atoms with E-state index < -0.39 is 0 Å². The van der Waals surface area contributed by atoms with Crippen LogP contribution >= 0.6 is 0 Å². The summed E-state index contributed by atoms with van der Waals surface area (Å²) in [4.78, 5) is 25.1. The summed E-state index contributed by atoms with van der Waals surface area (Å²) >= 11 is 0. The molecule has 4 aromatic rings. The number of anilines is 1. The molecule has 7 heteroatoms. The van der Waals surface area contributed by atoms with E-state index in [0.29, 0.717) is 28.9 Å². The number of benzene rings is 2. The van der Waals surface area contributed by atoms with E-state index >= 15 is 0 Å². The van der Waals surface area contributed by atoms with Crippen molar-refractivity contribution in [2.24, 2.45) is 0 Å². The van der Waals surface area contributed by atoms with Crippen molar-refractivity contribution in [2.75, 3.05) is 32.1 Å². The van der Waals surface area contributed by atoms with Crippen LogP contribution in [0.25, 0.3) is 16.7 Å². The molecule has 1 aliphatic heterocycles. The summed E-state index contributed by atoms with van der Waals surface area (Å²) in [6.45, 7) is 3.69. The lowest BCUT2D eigenvalue weighted by atomic mass is 9.93. The van der Waals surface area contributed by atoms with Gasteiger partial charge in [0, 0.05) is 25.0 Å². The third-order valence-corrected chi connectivity index (χ3v) is 6.18. The van der Waals surface area contributed by atoms with E-state index in [2.05, 4.69) is 65.2 Å². The number of aromatic nitrogens is 4. The number of hydrogen-bond acceptors (Lipinski definition) is 5. The molecule has 0 aliphatic carbocycles. The Hall–Kier alpha value is -3.45. The summed E-state index contributed by atoms with van der Waals surface area (Å²) in [5.41, 5.74) is 3.86. The van der Waals surface area contributed by atoms with E-state index in [1.54, 1.807) is 10.9 Å². The van der Waals surface area contributed by atoms with Crippen molar-refractivity contribution >= 4 is 17.0 Å². The topological polar surface area (TPSA) is 70.0 Å². The summed E-state index contributed by atoms with van der Waals surface area (Å²) in [6.07, 6.45) is 1.58. The second kappa shape index (κ2) is 7.67. The Morgan fingerprint density at radius 3 is 2.48 bits per heavy atom. The molecule has 7 nitrogen and oxygen atoms in total. The SMILES string of the molecule is Cc1ccc(C2CN(c3nc4c(cnn4-c4ccccc4)c(=O)[nH]3)CC2N(C)C)cc1. The van der Waals surface area contributed by atoms with Crippen LogP contribution in [0, 0.1) is 6.92 Å². The third kappa shape index (κ3) is 3.51. The van der Waals surface area contributed by atoms with Gasteiger partial charge in [-0.1, -0.05) is 48.0 Å². The second-order valence-electron chi connectivity index (χ2n) is 8.47. The lowest BCUT2D eigenvalue weighted by molar-refractivity contribution is 0.292. The fraction of sp³-hybridized carbons (Fsp3) is 0.292. The Morgan fingerprint density at radius 2 is 1.77 bits per heavy atom. The first-order valence-corrected chi connectivity index (χ1v) is 10.5. The van der Waals surface area contributed by atoms with Crippen LogP contribution in [0.4, 0.5) is 5.95 Å². The van der Waals surface area contributed by atoms with Crippen molar-refractivity contribution in [3.8, 4) is 5.69 Å². The van der Waals surface area contributed by atoms with Crippen LogP contribution in [0.3, 0.4) is 0 Å².